The third kappa shape index (κ3) is 3.10. The molecular formula is C12H7BrCl2OS. The van der Waals surface area contributed by atoms with Crippen molar-refractivity contribution < 1.29 is 4.79 Å². The van der Waals surface area contributed by atoms with Gasteiger partial charge in [0.1, 0.15) is 0 Å². The largest absolute Gasteiger partial charge is 0.294 e. The Bertz CT molecular complexity index is 565. The highest BCUT2D eigenvalue weighted by Gasteiger charge is 2.12. The Morgan fingerprint density at radius 2 is 2.12 bits per heavy atom. The smallest absolute Gasteiger partial charge is 0.168 e. The molecular weight excluding hydrogens is 343 g/mol. The second-order valence-corrected chi connectivity index (χ2v) is 6.53. The highest BCUT2D eigenvalue weighted by molar-refractivity contribution is 9.11. The molecule has 1 nitrogen and oxygen atoms in total. The Hall–Kier alpha value is -0.350. The van der Waals surface area contributed by atoms with Gasteiger partial charge in [-0.15, -0.1) is 11.3 Å². The minimum Gasteiger partial charge on any atom is -0.294 e. The van der Waals surface area contributed by atoms with Crippen molar-refractivity contribution in [2.24, 2.45) is 0 Å². The van der Waals surface area contributed by atoms with E-state index in [1.54, 1.807) is 12.1 Å². The summed E-state index contributed by atoms with van der Waals surface area (Å²) in [6.45, 7) is 0. The van der Waals surface area contributed by atoms with Crippen LogP contribution in [0.2, 0.25) is 10.0 Å². The first kappa shape index (κ1) is 13.1. The van der Waals surface area contributed by atoms with Crippen molar-refractivity contribution >= 4 is 56.3 Å². The molecule has 0 aliphatic heterocycles. The Kier molecular flexibility index (Phi) is 4.26. The molecule has 0 unspecified atom stereocenters. The fraction of sp³-hybridized carbons (Fsp3) is 0.0833. The van der Waals surface area contributed by atoms with Gasteiger partial charge in [0.05, 0.1) is 13.8 Å². The quantitative estimate of drug-likeness (QED) is 0.692. The maximum atomic E-state index is 12.0. The Morgan fingerprint density at radius 3 is 2.76 bits per heavy atom. The summed E-state index contributed by atoms with van der Waals surface area (Å²) in [6, 6.07) is 7.12. The van der Waals surface area contributed by atoms with Crippen molar-refractivity contribution in [1.82, 2.24) is 0 Å². The van der Waals surface area contributed by atoms with E-state index < -0.39 is 0 Å². The van der Waals surface area contributed by atoms with Crippen molar-refractivity contribution in [2.75, 3.05) is 0 Å². The molecule has 0 spiro atoms. The summed E-state index contributed by atoms with van der Waals surface area (Å²) < 4.78 is 0.943. The van der Waals surface area contributed by atoms with Gasteiger partial charge in [-0.05, 0) is 33.6 Å². The molecule has 5 heteroatoms. The summed E-state index contributed by atoms with van der Waals surface area (Å²) in [5.74, 6) is 0.0381. The van der Waals surface area contributed by atoms with E-state index >= 15 is 0 Å². The number of halogens is 3. The van der Waals surface area contributed by atoms with E-state index in [0.29, 0.717) is 15.6 Å². The van der Waals surface area contributed by atoms with Crippen molar-refractivity contribution in [3.63, 3.8) is 0 Å². The molecule has 0 fully saturated rings. The van der Waals surface area contributed by atoms with E-state index in [4.69, 9.17) is 23.2 Å². The van der Waals surface area contributed by atoms with Crippen LogP contribution in [0, 0.1) is 0 Å². The molecule has 1 heterocycles. The fourth-order valence-electron chi connectivity index (χ4n) is 1.42. The molecule has 2 rings (SSSR count). The molecule has 0 saturated heterocycles. The predicted molar refractivity (Wildman–Crippen MR) is 76.5 cm³/mol. The molecule has 0 atom stereocenters. The number of carbonyl (C=O) groups excluding carboxylic acids is 1. The van der Waals surface area contributed by atoms with Crippen molar-refractivity contribution in [3.05, 3.63) is 54.6 Å². The molecule has 0 bridgehead atoms. The van der Waals surface area contributed by atoms with Gasteiger partial charge in [-0.3, -0.25) is 4.79 Å². The molecule has 0 aliphatic carbocycles. The van der Waals surface area contributed by atoms with Crippen LogP contribution in [-0.4, -0.2) is 5.78 Å². The molecule has 1 aromatic heterocycles. The molecule has 88 valence electrons. The van der Waals surface area contributed by atoms with Crippen LogP contribution in [0.5, 0.6) is 0 Å². The first-order chi connectivity index (χ1) is 8.08. The van der Waals surface area contributed by atoms with Gasteiger partial charge in [0.2, 0.25) is 0 Å². The van der Waals surface area contributed by atoms with Gasteiger partial charge in [-0.25, -0.2) is 0 Å². The Labute approximate surface area is 121 Å². The van der Waals surface area contributed by atoms with Crippen molar-refractivity contribution in [1.29, 1.82) is 0 Å². The maximum absolute atomic E-state index is 12.0. The SMILES string of the molecule is O=C(Cc1cccc(Cl)c1Cl)c1csc(Br)c1. The molecule has 17 heavy (non-hydrogen) atoms. The molecule has 0 N–H and O–H groups in total. The average molecular weight is 350 g/mol. The average Bonchev–Trinajstić information content (AvgIpc) is 2.72. The lowest BCUT2D eigenvalue weighted by Gasteiger charge is -2.04. The zero-order valence-corrected chi connectivity index (χ0v) is 12.5. The Balaban J connectivity index is 2.21. The highest BCUT2D eigenvalue weighted by Crippen LogP contribution is 2.27. The monoisotopic (exact) mass is 348 g/mol. The minimum atomic E-state index is 0.0381. The summed E-state index contributed by atoms with van der Waals surface area (Å²) in [5.41, 5.74) is 1.45. The van der Waals surface area contributed by atoms with Crippen LogP contribution in [0.4, 0.5) is 0 Å². The van der Waals surface area contributed by atoms with Crippen LogP contribution in [0.25, 0.3) is 0 Å². The number of rotatable bonds is 3. The summed E-state index contributed by atoms with van der Waals surface area (Å²) in [6.07, 6.45) is 0.266. The van der Waals surface area contributed by atoms with Gasteiger partial charge >= 0.3 is 0 Å². The topological polar surface area (TPSA) is 17.1 Å². The zero-order valence-electron chi connectivity index (χ0n) is 8.54. The molecule has 0 saturated carbocycles. The number of Topliss-reactive ketones (excluding diaryl/α,β-unsaturated/α-hetero) is 1. The Morgan fingerprint density at radius 1 is 1.35 bits per heavy atom. The second-order valence-electron chi connectivity index (χ2n) is 3.45. The number of carbonyl (C=O) groups is 1. The summed E-state index contributed by atoms with van der Waals surface area (Å²) >= 11 is 16.8. The first-order valence-corrected chi connectivity index (χ1v) is 7.21. The van der Waals surface area contributed by atoms with Gasteiger partial charge in [0.15, 0.2) is 5.78 Å². The van der Waals surface area contributed by atoms with E-state index in [1.807, 2.05) is 17.5 Å². The molecule has 0 radical (unpaired) electrons. The lowest BCUT2D eigenvalue weighted by molar-refractivity contribution is 0.0993. The number of ketones is 1. The molecule has 0 aliphatic rings. The summed E-state index contributed by atoms with van der Waals surface area (Å²) in [5, 5.41) is 2.76. The van der Waals surface area contributed by atoms with E-state index in [9.17, 15) is 4.79 Å². The van der Waals surface area contributed by atoms with Crippen LogP contribution in [0.15, 0.2) is 33.4 Å². The molecule has 2 aromatic rings. The number of hydrogen-bond acceptors (Lipinski definition) is 2. The number of thiophene rings is 1. The second kappa shape index (κ2) is 5.53. The third-order valence-corrected chi connectivity index (χ3v) is 4.63. The van der Waals surface area contributed by atoms with E-state index in [1.165, 1.54) is 11.3 Å². The van der Waals surface area contributed by atoms with Gasteiger partial charge < -0.3 is 0 Å². The van der Waals surface area contributed by atoms with Crippen LogP contribution >= 0.6 is 50.5 Å². The zero-order chi connectivity index (χ0) is 12.4. The van der Waals surface area contributed by atoms with Crippen molar-refractivity contribution in [2.45, 2.75) is 6.42 Å². The first-order valence-electron chi connectivity index (χ1n) is 4.78. The van der Waals surface area contributed by atoms with Crippen LogP contribution < -0.4 is 0 Å². The van der Waals surface area contributed by atoms with Gasteiger partial charge in [0, 0.05) is 17.4 Å². The lowest BCUT2D eigenvalue weighted by atomic mass is 10.1. The number of hydrogen-bond donors (Lipinski definition) is 0. The minimum absolute atomic E-state index is 0.0381. The van der Waals surface area contributed by atoms with Crippen LogP contribution in [0.1, 0.15) is 15.9 Å². The van der Waals surface area contributed by atoms with Gasteiger partial charge in [0.25, 0.3) is 0 Å². The summed E-state index contributed by atoms with van der Waals surface area (Å²) in [4.78, 5) is 12.0. The molecule has 0 amide bonds. The third-order valence-electron chi connectivity index (χ3n) is 2.27. The van der Waals surface area contributed by atoms with Crippen LogP contribution in [-0.2, 0) is 6.42 Å². The van der Waals surface area contributed by atoms with E-state index in [0.717, 1.165) is 9.35 Å². The van der Waals surface area contributed by atoms with Gasteiger partial charge in [-0.2, -0.15) is 0 Å². The lowest BCUT2D eigenvalue weighted by Crippen LogP contribution is -2.02. The standard InChI is InChI=1S/C12H7BrCl2OS/c13-11-5-8(6-17-11)10(16)4-7-2-1-3-9(14)12(7)15/h1-3,5-6H,4H2. The predicted octanol–water partition coefficient (Wildman–Crippen LogP) is 5.24. The van der Waals surface area contributed by atoms with Crippen molar-refractivity contribution in [3.8, 4) is 0 Å². The normalized spacial score (nSPS) is 10.5. The van der Waals surface area contributed by atoms with Crippen LogP contribution in [0.3, 0.4) is 0 Å². The van der Waals surface area contributed by atoms with E-state index in [2.05, 4.69) is 15.9 Å². The van der Waals surface area contributed by atoms with E-state index in [-0.39, 0.29) is 12.2 Å². The summed E-state index contributed by atoms with van der Waals surface area (Å²) in [7, 11) is 0. The fourth-order valence-corrected chi connectivity index (χ4v) is 2.96. The van der Waals surface area contributed by atoms with Gasteiger partial charge in [-0.1, -0.05) is 35.3 Å². The number of benzene rings is 1. The molecule has 1 aromatic carbocycles. The highest BCUT2D eigenvalue weighted by atomic mass is 79.9. The maximum Gasteiger partial charge on any atom is 0.168 e.